The molecule has 1 heterocycles. The van der Waals surface area contributed by atoms with Gasteiger partial charge in [0.15, 0.2) is 11.5 Å². The number of aromatic nitrogens is 2. The van der Waals surface area contributed by atoms with Gasteiger partial charge >= 0.3 is 5.69 Å². The molecule has 1 saturated carbocycles. The topological polar surface area (TPSA) is 91.6 Å². The fourth-order valence-corrected chi connectivity index (χ4v) is 4.41. The van der Waals surface area contributed by atoms with E-state index >= 15 is 0 Å². The first kappa shape index (κ1) is 21.7. The van der Waals surface area contributed by atoms with Crippen molar-refractivity contribution in [3.63, 3.8) is 0 Å². The number of benzene rings is 2. The number of fused-ring (bicyclic) bond motifs is 1. The monoisotopic (exact) mass is 437 g/mol. The minimum atomic E-state index is -0.442. The molecule has 0 atom stereocenters. The van der Waals surface area contributed by atoms with E-state index in [-0.39, 0.29) is 24.1 Å². The third kappa shape index (κ3) is 4.12. The number of nitrogens with one attached hydrogen (secondary N) is 1. The van der Waals surface area contributed by atoms with Crippen LogP contribution in [0, 0.1) is 0 Å². The summed E-state index contributed by atoms with van der Waals surface area (Å²) in [5.41, 5.74) is 0.250. The molecule has 32 heavy (non-hydrogen) atoms. The second-order valence-corrected chi connectivity index (χ2v) is 7.97. The fourth-order valence-electron chi connectivity index (χ4n) is 4.41. The summed E-state index contributed by atoms with van der Waals surface area (Å²) in [6, 6.07) is 11.9. The Labute approximate surface area is 185 Å². The number of amides is 1. The molecule has 8 nitrogen and oxygen atoms in total. The summed E-state index contributed by atoms with van der Waals surface area (Å²) in [6.07, 6.45) is 4.68. The molecule has 2 aromatic carbocycles. The van der Waals surface area contributed by atoms with Crippen LogP contribution in [0.5, 0.6) is 11.5 Å². The SMILES string of the molecule is COc1ccc(NC(=O)Cn2c(=O)n(C3CCCCC3)c(=O)c3ccccc32)cc1OC. The van der Waals surface area contributed by atoms with Crippen LogP contribution in [0.25, 0.3) is 10.9 Å². The van der Waals surface area contributed by atoms with Crippen molar-refractivity contribution >= 4 is 22.5 Å². The molecule has 1 amide bonds. The standard InChI is InChI=1S/C24H27N3O5/c1-31-20-13-12-16(14-21(20)32-2)25-22(28)15-26-19-11-7-6-10-18(19)23(29)27(24(26)30)17-8-4-3-5-9-17/h6-7,10-14,17H,3-5,8-9,15H2,1-2H3,(H,25,28). The van der Waals surface area contributed by atoms with Crippen LogP contribution in [0.3, 0.4) is 0 Å². The third-order valence-electron chi connectivity index (χ3n) is 5.99. The summed E-state index contributed by atoms with van der Waals surface area (Å²) >= 11 is 0. The van der Waals surface area contributed by atoms with Crippen LogP contribution >= 0.6 is 0 Å². The maximum absolute atomic E-state index is 13.4. The molecule has 0 unspecified atom stereocenters. The van der Waals surface area contributed by atoms with Gasteiger partial charge in [-0.3, -0.25) is 18.7 Å². The first-order valence-corrected chi connectivity index (χ1v) is 10.8. The van der Waals surface area contributed by atoms with Crippen molar-refractivity contribution in [1.82, 2.24) is 9.13 Å². The van der Waals surface area contributed by atoms with Crippen molar-refractivity contribution in [3.8, 4) is 11.5 Å². The smallest absolute Gasteiger partial charge is 0.332 e. The Morgan fingerprint density at radius 2 is 1.72 bits per heavy atom. The predicted molar refractivity (Wildman–Crippen MR) is 123 cm³/mol. The number of carbonyl (C=O) groups excluding carboxylic acids is 1. The van der Waals surface area contributed by atoms with Gasteiger partial charge in [-0.1, -0.05) is 31.4 Å². The predicted octanol–water partition coefficient (Wildman–Crippen LogP) is 3.32. The highest BCUT2D eigenvalue weighted by molar-refractivity contribution is 5.92. The minimum absolute atomic E-state index is 0.131. The van der Waals surface area contributed by atoms with Gasteiger partial charge in [0, 0.05) is 17.8 Å². The summed E-state index contributed by atoms with van der Waals surface area (Å²) in [6.45, 7) is -0.208. The summed E-state index contributed by atoms with van der Waals surface area (Å²) in [4.78, 5) is 39.4. The van der Waals surface area contributed by atoms with Gasteiger partial charge in [0.2, 0.25) is 5.91 Å². The van der Waals surface area contributed by atoms with Crippen molar-refractivity contribution in [3.05, 3.63) is 63.3 Å². The number of carbonyl (C=O) groups is 1. The molecule has 168 valence electrons. The average molecular weight is 437 g/mol. The lowest BCUT2D eigenvalue weighted by atomic mass is 9.95. The van der Waals surface area contributed by atoms with E-state index in [1.165, 1.54) is 23.4 Å². The van der Waals surface area contributed by atoms with E-state index in [1.807, 2.05) is 0 Å². The first-order valence-electron chi connectivity index (χ1n) is 10.8. The number of ether oxygens (including phenoxy) is 2. The number of rotatable bonds is 6. The van der Waals surface area contributed by atoms with Crippen LogP contribution in [0.15, 0.2) is 52.1 Å². The van der Waals surface area contributed by atoms with Gasteiger partial charge < -0.3 is 14.8 Å². The van der Waals surface area contributed by atoms with Crippen molar-refractivity contribution in [1.29, 1.82) is 0 Å². The van der Waals surface area contributed by atoms with Gasteiger partial charge in [-0.25, -0.2) is 4.79 Å². The second kappa shape index (κ2) is 9.30. The van der Waals surface area contributed by atoms with Gasteiger partial charge in [0.1, 0.15) is 6.54 Å². The number of hydrogen-bond donors (Lipinski definition) is 1. The number of hydrogen-bond acceptors (Lipinski definition) is 5. The van der Waals surface area contributed by atoms with Crippen molar-refractivity contribution in [2.75, 3.05) is 19.5 Å². The van der Waals surface area contributed by atoms with Gasteiger partial charge in [-0.15, -0.1) is 0 Å². The maximum atomic E-state index is 13.4. The van der Waals surface area contributed by atoms with Gasteiger partial charge in [0.25, 0.3) is 5.56 Å². The van der Waals surface area contributed by atoms with Gasteiger partial charge in [-0.2, -0.15) is 0 Å². The Morgan fingerprint density at radius 1 is 1.00 bits per heavy atom. The summed E-state index contributed by atoms with van der Waals surface area (Å²) < 4.78 is 13.2. The van der Waals surface area contributed by atoms with E-state index < -0.39 is 5.69 Å². The molecule has 0 radical (unpaired) electrons. The van der Waals surface area contributed by atoms with Crippen molar-refractivity contribution < 1.29 is 14.3 Å². The number of anilines is 1. The molecule has 1 aliphatic carbocycles. The molecular weight excluding hydrogens is 410 g/mol. The molecule has 8 heteroatoms. The van der Waals surface area contributed by atoms with Gasteiger partial charge in [0.05, 0.1) is 25.1 Å². The van der Waals surface area contributed by atoms with Gasteiger partial charge in [-0.05, 0) is 37.1 Å². The van der Waals surface area contributed by atoms with Crippen LogP contribution in [0.1, 0.15) is 38.1 Å². The Hall–Kier alpha value is -3.55. The molecule has 1 N–H and O–H groups in total. The van der Waals surface area contributed by atoms with E-state index in [4.69, 9.17) is 9.47 Å². The number of methoxy groups -OCH3 is 2. The zero-order valence-corrected chi connectivity index (χ0v) is 18.3. The Bertz CT molecular complexity index is 1250. The molecule has 4 rings (SSSR count). The summed E-state index contributed by atoms with van der Waals surface area (Å²) in [7, 11) is 3.05. The highest BCUT2D eigenvalue weighted by Gasteiger charge is 2.23. The molecule has 0 bridgehead atoms. The zero-order valence-electron chi connectivity index (χ0n) is 18.3. The van der Waals surface area contributed by atoms with E-state index in [0.717, 1.165) is 32.1 Å². The summed E-state index contributed by atoms with van der Waals surface area (Å²) in [5.74, 6) is 0.657. The highest BCUT2D eigenvalue weighted by atomic mass is 16.5. The van der Waals surface area contributed by atoms with Crippen molar-refractivity contribution in [2.45, 2.75) is 44.7 Å². The van der Waals surface area contributed by atoms with Crippen LogP contribution in [-0.2, 0) is 11.3 Å². The van der Waals surface area contributed by atoms with E-state index in [9.17, 15) is 14.4 Å². The van der Waals surface area contributed by atoms with E-state index in [2.05, 4.69) is 5.32 Å². The van der Waals surface area contributed by atoms with Crippen molar-refractivity contribution in [2.24, 2.45) is 0 Å². The van der Waals surface area contributed by atoms with Crippen LogP contribution in [-0.4, -0.2) is 29.3 Å². The molecule has 0 aliphatic heterocycles. The molecule has 1 aromatic heterocycles. The normalized spacial score (nSPS) is 14.3. The number of nitrogens with zero attached hydrogens (tertiary/aromatic N) is 2. The Balaban J connectivity index is 1.70. The minimum Gasteiger partial charge on any atom is -0.493 e. The average Bonchev–Trinajstić information content (AvgIpc) is 2.82. The largest absolute Gasteiger partial charge is 0.493 e. The molecule has 1 fully saturated rings. The highest BCUT2D eigenvalue weighted by Crippen LogP contribution is 2.30. The van der Waals surface area contributed by atoms with Crippen LogP contribution < -0.4 is 26.0 Å². The summed E-state index contributed by atoms with van der Waals surface area (Å²) in [5, 5.41) is 3.24. The first-order chi connectivity index (χ1) is 15.5. The molecule has 1 aliphatic rings. The zero-order chi connectivity index (χ0) is 22.7. The second-order valence-electron chi connectivity index (χ2n) is 7.97. The molecule has 3 aromatic rings. The number of para-hydroxylation sites is 1. The third-order valence-corrected chi connectivity index (χ3v) is 5.99. The fraction of sp³-hybridized carbons (Fsp3) is 0.375. The Morgan fingerprint density at radius 3 is 2.44 bits per heavy atom. The lowest BCUT2D eigenvalue weighted by Crippen LogP contribution is -2.44. The lowest BCUT2D eigenvalue weighted by molar-refractivity contribution is -0.116. The molecule has 0 spiro atoms. The van der Waals surface area contributed by atoms with E-state index in [1.54, 1.807) is 42.5 Å². The van der Waals surface area contributed by atoms with Crippen LogP contribution in [0.4, 0.5) is 5.69 Å². The van der Waals surface area contributed by atoms with E-state index in [0.29, 0.717) is 28.1 Å². The Kier molecular flexibility index (Phi) is 6.30. The van der Waals surface area contributed by atoms with Crippen LogP contribution in [0.2, 0.25) is 0 Å². The molecular formula is C24H27N3O5. The quantitative estimate of drug-likeness (QED) is 0.639. The maximum Gasteiger partial charge on any atom is 0.332 e. The molecule has 0 saturated heterocycles. The lowest BCUT2D eigenvalue weighted by Gasteiger charge is -2.24.